The zero-order valence-corrected chi connectivity index (χ0v) is 18.2. The molecule has 0 aliphatic heterocycles. The van der Waals surface area contributed by atoms with Crippen LogP contribution in [0.15, 0.2) is 91.0 Å². The van der Waals surface area contributed by atoms with Gasteiger partial charge in [-0.1, -0.05) is 78.9 Å². The van der Waals surface area contributed by atoms with Crippen molar-refractivity contribution < 1.29 is 14.7 Å². The van der Waals surface area contributed by atoms with E-state index < -0.39 is 17.8 Å². The first-order chi connectivity index (χ1) is 15.5. The normalized spacial score (nSPS) is 22.3. The molecule has 1 aliphatic rings. The first-order valence-corrected chi connectivity index (χ1v) is 10.8. The minimum atomic E-state index is -0.968. The van der Waals surface area contributed by atoms with Crippen LogP contribution in [-0.4, -0.2) is 17.0 Å². The van der Waals surface area contributed by atoms with Crippen molar-refractivity contribution in [3.8, 4) is 0 Å². The summed E-state index contributed by atoms with van der Waals surface area (Å²) in [6.07, 6.45) is 3.95. The van der Waals surface area contributed by atoms with Gasteiger partial charge in [-0.15, -0.1) is 0 Å². The van der Waals surface area contributed by atoms with Crippen LogP contribution in [0.5, 0.6) is 0 Å². The van der Waals surface area contributed by atoms with Crippen molar-refractivity contribution >= 4 is 17.6 Å². The van der Waals surface area contributed by atoms with Gasteiger partial charge in [0, 0.05) is 17.5 Å². The summed E-state index contributed by atoms with van der Waals surface area (Å²) in [5.41, 5.74) is 4.72. The van der Waals surface area contributed by atoms with E-state index in [1.54, 1.807) is 0 Å². The third-order valence-corrected chi connectivity index (χ3v) is 6.42. The lowest BCUT2D eigenvalue weighted by molar-refractivity contribution is -0.147. The molecule has 0 unspecified atom stereocenters. The fourth-order valence-corrected chi connectivity index (χ4v) is 4.59. The smallest absolute Gasteiger partial charge is 0.308 e. The molecule has 4 heteroatoms. The van der Waals surface area contributed by atoms with Crippen LogP contribution in [0.4, 0.5) is 5.69 Å². The third-order valence-electron chi connectivity index (χ3n) is 6.42. The molecule has 3 aromatic rings. The fourth-order valence-electron chi connectivity index (χ4n) is 4.59. The standard InChI is InChI=1S/C28H27NO3/c1-18-13-14-22(17-19(18)2)29-27(30)25-23(20-9-5-3-6-10-20)15-16-24(26(25)28(31)32)21-11-7-4-8-12-21/h3-17,23-26H,1-2H3,(H,29,30)(H,31,32)/t23-,24+,25-,26-/m0/s1. The lowest BCUT2D eigenvalue weighted by Crippen LogP contribution is -2.42. The first-order valence-electron chi connectivity index (χ1n) is 10.8. The number of allylic oxidation sites excluding steroid dienone is 2. The zero-order chi connectivity index (χ0) is 22.7. The molecule has 4 atom stereocenters. The average molecular weight is 426 g/mol. The molecule has 2 N–H and O–H groups in total. The zero-order valence-electron chi connectivity index (χ0n) is 18.2. The van der Waals surface area contributed by atoms with Gasteiger partial charge in [0.05, 0.1) is 11.8 Å². The molecule has 32 heavy (non-hydrogen) atoms. The van der Waals surface area contributed by atoms with Crippen LogP contribution in [0.3, 0.4) is 0 Å². The number of amides is 1. The van der Waals surface area contributed by atoms with E-state index >= 15 is 0 Å². The SMILES string of the molecule is Cc1ccc(NC(=O)[C@@H]2[C@@H](C(=O)O)[C@@H](c3ccccc3)C=C[C@H]2c2ccccc2)cc1C. The highest BCUT2D eigenvalue weighted by molar-refractivity contribution is 5.96. The maximum Gasteiger partial charge on any atom is 0.308 e. The second-order valence-corrected chi connectivity index (χ2v) is 8.44. The lowest BCUT2D eigenvalue weighted by atomic mass is 9.66. The summed E-state index contributed by atoms with van der Waals surface area (Å²) in [7, 11) is 0. The first kappa shape index (κ1) is 21.6. The number of rotatable bonds is 5. The van der Waals surface area contributed by atoms with E-state index in [4.69, 9.17) is 0 Å². The van der Waals surface area contributed by atoms with Gasteiger partial charge in [-0.3, -0.25) is 9.59 Å². The van der Waals surface area contributed by atoms with Gasteiger partial charge in [-0.2, -0.15) is 0 Å². The Kier molecular flexibility index (Phi) is 6.22. The molecule has 1 aliphatic carbocycles. The summed E-state index contributed by atoms with van der Waals surface area (Å²) in [6.45, 7) is 4.01. The fraction of sp³-hybridized carbons (Fsp3) is 0.214. The molecule has 1 amide bonds. The van der Waals surface area contributed by atoms with Crippen molar-refractivity contribution in [1.29, 1.82) is 0 Å². The van der Waals surface area contributed by atoms with Crippen molar-refractivity contribution in [2.45, 2.75) is 25.7 Å². The number of hydrogen-bond acceptors (Lipinski definition) is 2. The van der Waals surface area contributed by atoms with E-state index in [0.717, 1.165) is 22.3 Å². The van der Waals surface area contributed by atoms with Crippen molar-refractivity contribution in [1.82, 2.24) is 0 Å². The molecule has 0 bridgehead atoms. The molecular formula is C28H27NO3. The van der Waals surface area contributed by atoms with E-state index in [-0.39, 0.29) is 17.7 Å². The Hall–Kier alpha value is -3.66. The highest BCUT2D eigenvalue weighted by Gasteiger charge is 2.46. The lowest BCUT2D eigenvalue weighted by Gasteiger charge is -2.37. The maximum absolute atomic E-state index is 13.6. The van der Waals surface area contributed by atoms with E-state index in [0.29, 0.717) is 5.69 Å². The van der Waals surface area contributed by atoms with Crippen molar-refractivity contribution in [2.75, 3.05) is 5.32 Å². The van der Waals surface area contributed by atoms with Crippen LogP contribution in [0.2, 0.25) is 0 Å². The minimum Gasteiger partial charge on any atom is -0.481 e. The molecule has 4 rings (SSSR count). The Bertz CT molecular complexity index is 1140. The number of carboxylic acids is 1. The number of carbonyl (C=O) groups is 2. The minimum absolute atomic E-state index is 0.278. The molecule has 0 saturated carbocycles. The van der Waals surface area contributed by atoms with Gasteiger partial charge in [-0.05, 0) is 48.2 Å². The molecule has 0 fully saturated rings. The van der Waals surface area contributed by atoms with Crippen LogP contribution in [0.25, 0.3) is 0 Å². The van der Waals surface area contributed by atoms with Gasteiger partial charge in [0.2, 0.25) is 5.91 Å². The quantitative estimate of drug-likeness (QED) is 0.516. The van der Waals surface area contributed by atoms with Gasteiger partial charge in [0.25, 0.3) is 0 Å². The topological polar surface area (TPSA) is 66.4 Å². The van der Waals surface area contributed by atoms with Crippen LogP contribution in [0.1, 0.15) is 34.1 Å². The molecular weight excluding hydrogens is 398 g/mol. The Labute approximate surface area is 188 Å². The molecule has 0 radical (unpaired) electrons. The van der Waals surface area contributed by atoms with E-state index in [1.165, 1.54) is 0 Å². The number of carbonyl (C=O) groups excluding carboxylic acids is 1. The van der Waals surface area contributed by atoms with E-state index in [9.17, 15) is 14.7 Å². The highest BCUT2D eigenvalue weighted by Crippen LogP contribution is 2.45. The molecule has 4 nitrogen and oxygen atoms in total. The van der Waals surface area contributed by atoms with Crippen molar-refractivity contribution in [3.63, 3.8) is 0 Å². The number of hydrogen-bond donors (Lipinski definition) is 2. The van der Waals surface area contributed by atoms with Gasteiger partial charge < -0.3 is 10.4 Å². The highest BCUT2D eigenvalue weighted by atomic mass is 16.4. The summed E-state index contributed by atoms with van der Waals surface area (Å²) in [4.78, 5) is 26.2. The number of benzene rings is 3. The summed E-state index contributed by atoms with van der Waals surface area (Å²) in [5.74, 6) is -3.61. The van der Waals surface area contributed by atoms with E-state index in [1.807, 2.05) is 105 Å². The molecule has 0 saturated heterocycles. The summed E-state index contributed by atoms with van der Waals surface area (Å²) in [6, 6.07) is 24.9. The maximum atomic E-state index is 13.6. The van der Waals surface area contributed by atoms with E-state index in [2.05, 4.69) is 5.32 Å². The molecule has 162 valence electrons. The second kappa shape index (κ2) is 9.23. The summed E-state index contributed by atoms with van der Waals surface area (Å²) >= 11 is 0. The van der Waals surface area contributed by atoms with Crippen LogP contribution in [-0.2, 0) is 9.59 Å². The second-order valence-electron chi connectivity index (χ2n) is 8.44. The van der Waals surface area contributed by atoms with Crippen molar-refractivity contribution in [3.05, 3.63) is 113 Å². The largest absolute Gasteiger partial charge is 0.481 e. The van der Waals surface area contributed by atoms with Crippen LogP contribution < -0.4 is 5.32 Å². The molecule has 3 aromatic carbocycles. The van der Waals surface area contributed by atoms with Gasteiger partial charge in [0.15, 0.2) is 0 Å². The Morgan fingerprint density at radius 2 is 1.25 bits per heavy atom. The number of nitrogens with one attached hydrogen (secondary N) is 1. The predicted molar refractivity (Wildman–Crippen MR) is 127 cm³/mol. The number of carboxylic acid groups (broad SMARTS) is 1. The Morgan fingerprint density at radius 3 is 1.75 bits per heavy atom. The predicted octanol–water partition coefficient (Wildman–Crippen LogP) is 5.70. The Morgan fingerprint density at radius 1 is 0.719 bits per heavy atom. The van der Waals surface area contributed by atoms with Gasteiger partial charge >= 0.3 is 5.97 Å². The third kappa shape index (κ3) is 4.35. The Balaban J connectivity index is 1.77. The molecule has 0 spiro atoms. The number of anilines is 1. The monoisotopic (exact) mass is 425 g/mol. The van der Waals surface area contributed by atoms with Crippen LogP contribution in [0, 0.1) is 25.7 Å². The van der Waals surface area contributed by atoms with Gasteiger partial charge in [-0.25, -0.2) is 0 Å². The van der Waals surface area contributed by atoms with Crippen molar-refractivity contribution in [2.24, 2.45) is 11.8 Å². The average Bonchev–Trinajstić information content (AvgIpc) is 2.81. The van der Waals surface area contributed by atoms with Crippen LogP contribution >= 0.6 is 0 Å². The summed E-state index contributed by atoms with van der Waals surface area (Å²) < 4.78 is 0. The van der Waals surface area contributed by atoms with Gasteiger partial charge in [0.1, 0.15) is 0 Å². The number of aliphatic carboxylic acids is 1. The molecule has 0 aromatic heterocycles. The molecule has 0 heterocycles. The number of aryl methyl sites for hydroxylation is 2. The summed E-state index contributed by atoms with van der Waals surface area (Å²) in [5, 5.41) is 13.3.